The normalized spacial score (nSPS) is 11.4. The first-order chi connectivity index (χ1) is 9.77. The van der Waals surface area contributed by atoms with Crippen molar-refractivity contribution >= 4 is 29.1 Å². The monoisotopic (exact) mass is 323 g/mol. The molecule has 0 aliphatic heterocycles. The summed E-state index contributed by atoms with van der Waals surface area (Å²) in [5.41, 5.74) is 1.11. The maximum Gasteiger partial charge on any atom is 0.319 e. The third-order valence-electron chi connectivity index (χ3n) is 2.84. The highest BCUT2D eigenvalue weighted by Gasteiger charge is 2.19. The molecule has 2 rings (SSSR count). The van der Waals surface area contributed by atoms with E-state index in [-0.39, 0.29) is 21.4 Å². The van der Waals surface area contributed by atoms with Crippen molar-refractivity contribution in [2.24, 2.45) is 0 Å². The van der Waals surface area contributed by atoms with Crippen LogP contribution in [0.25, 0.3) is 0 Å². The van der Waals surface area contributed by atoms with Crippen LogP contribution in [-0.2, 0) is 5.41 Å². The molecule has 110 valence electrons. The maximum absolute atomic E-state index is 11.0. The van der Waals surface area contributed by atoms with Gasteiger partial charge in [0.05, 0.1) is 4.92 Å². The summed E-state index contributed by atoms with van der Waals surface area (Å²) in [6, 6.07) is 7.86. The zero-order chi connectivity index (χ0) is 15.6. The first-order valence-electron chi connectivity index (χ1n) is 6.23. The standard InChI is InChI=1S/C14H14ClN3O2S/c1-14(2,3)9-4-6-10(7-5-9)21-12-11(18(19)20)8-16-13(15)17-12/h4-8H,1-3H3. The van der Waals surface area contributed by atoms with Crippen molar-refractivity contribution in [3.63, 3.8) is 0 Å². The minimum absolute atomic E-state index is 0.00517. The number of rotatable bonds is 3. The van der Waals surface area contributed by atoms with Crippen LogP contribution in [-0.4, -0.2) is 14.9 Å². The Bertz CT molecular complexity index is 669. The highest BCUT2D eigenvalue weighted by atomic mass is 35.5. The number of halogens is 1. The molecular formula is C14H14ClN3O2S. The second kappa shape index (κ2) is 5.99. The average Bonchev–Trinajstić information content (AvgIpc) is 2.38. The molecule has 0 radical (unpaired) electrons. The summed E-state index contributed by atoms with van der Waals surface area (Å²) >= 11 is 6.91. The summed E-state index contributed by atoms with van der Waals surface area (Å²) in [4.78, 5) is 18.9. The van der Waals surface area contributed by atoms with E-state index in [1.54, 1.807) is 0 Å². The van der Waals surface area contributed by atoms with Gasteiger partial charge in [-0.15, -0.1) is 0 Å². The van der Waals surface area contributed by atoms with Crippen molar-refractivity contribution in [3.05, 3.63) is 51.4 Å². The molecule has 0 aliphatic rings. The van der Waals surface area contributed by atoms with E-state index in [2.05, 4.69) is 30.7 Å². The van der Waals surface area contributed by atoms with Crippen LogP contribution >= 0.6 is 23.4 Å². The largest absolute Gasteiger partial charge is 0.319 e. The minimum Gasteiger partial charge on any atom is -0.258 e. The van der Waals surface area contributed by atoms with Crippen molar-refractivity contribution in [3.8, 4) is 0 Å². The number of hydrogen-bond donors (Lipinski definition) is 0. The maximum atomic E-state index is 11.0. The zero-order valence-corrected chi connectivity index (χ0v) is 13.4. The molecule has 0 amide bonds. The molecule has 1 aromatic carbocycles. The Balaban J connectivity index is 2.30. The molecule has 21 heavy (non-hydrogen) atoms. The van der Waals surface area contributed by atoms with Crippen LogP contribution in [0.5, 0.6) is 0 Å². The molecule has 2 aromatic rings. The van der Waals surface area contributed by atoms with Gasteiger partial charge < -0.3 is 0 Å². The van der Waals surface area contributed by atoms with Crippen molar-refractivity contribution in [1.82, 2.24) is 9.97 Å². The number of nitro groups is 1. The summed E-state index contributed by atoms with van der Waals surface area (Å²) < 4.78 is 0. The Kier molecular flexibility index (Phi) is 4.49. The minimum atomic E-state index is -0.512. The summed E-state index contributed by atoms with van der Waals surface area (Å²) in [5, 5.41) is 11.2. The Labute approximate surface area is 131 Å². The molecule has 0 N–H and O–H groups in total. The van der Waals surface area contributed by atoms with E-state index in [1.807, 2.05) is 24.3 Å². The fraction of sp³-hybridized carbons (Fsp3) is 0.286. The molecule has 0 saturated carbocycles. The summed E-state index contributed by atoms with van der Waals surface area (Å²) in [5.74, 6) is 0. The van der Waals surface area contributed by atoms with E-state index in [9.17, 15) is 10.1 Å². The predicted octanol–water partition coefficient (Wildman–Crippen LogP) is 4.49. The first kappa shape index (κ1) is 15.7. The van der Waals surface area contributed by atoms with Crippen molar-refractivity contribution in [2.75, 3.05) is 0 Å². The lowest BCUT2D eigenvalue weighted by molar-refractivity contribution is -0.388. The molecule has 0 aliphatic carbocycles. The van der Waals surface area contributed by atoms with Gasteiger partial charge in [0.1, 0.15) is 6.20 Å². The third kappa shape index (κ3) is 3.92. The Hall–Kier alpha value is -1.66. The van der Waals surface area contributed by atoms with Gasteiger partial charge >= 0.3 is 5.69 Å². The van der Waals surface area contributed by atoms with E-state index in [1.165, 1.54) is 17.3 Å². The van der Waals surface area contributed by atoms with E-state index in [0.29, 0.717) is 0 Å². The molecule has 1 aromatic heterocycles. The van der Waals surface area contributed by atoms with E-state index < -0.39 is 4.92 Å². The molecule has 0 spiro atoms. The van der Waals surface area contributed by atoms with Crippen LogP contribution in [0.3, 0.4) is 0 Å². The summed E-state index contributed by atoms with van der Waals surface area (Å²) in [6.07, 6.45) is 1.13. The van der Waals surface area contributed by atoms with E-state index in [0.717, 1.165) is 11.1 Å². The zero-order valence-electron chi connectivity index (χ0n) is 11.8. The molecule has 1 heterocycles. The molecule has 0 bridgehead atoms. The van der Waals surface area contributed by atoms with Gasteiger partial charge in [-0.1, -0.05) is 44.7 Å². The SMILES string of the molecule is CC(C)(C)c1ccc(Sc2nc(Cl)ncc2[N+](=O)[O-])cc1. The summed E-state index contributed by atoms with van der Waals surface area (Å²) in [6.45, 7) is 6.39. The smallest absolute Gasteiger partial charge is 0.258 e. The lowest BCUT2D eigenvalue weighted by Crippen LogP contribution is -2.10. The van der Waals surface area contributed by atoms with Crippen LogP contribution in [0.2, 0.25) is 5.28 Å². The molecule has 0 atom stereocenters. The topological polar surface area (TPSA) is 68.9 Å². The van der Waals surface area contributed by atoms with Crippen LogP contribution in [0.15, 0.2) is 40.4 Å². The third-order valence-corrected chi connectivity index (χ3v) is 4.02. The quantitative estimate of drug-likeness (QED) is 0.360. The average molecular weight is 324 g/mol. The Morgan fingerprint density at radius 3 is 2.38 bits per heavy atom. The second-order valence-corrected chi connectivity index (χ2v) is 6.86. The van der Waals surface area contributed by atoms with Crippen molar-refractivity contribution < 1.29 is 4.92 Å². The van der Waals surface area contributed by atoms with Gasteiger partial charge in [-0.3, -0.25) is 10.1 Å². The molecular weight excluding hydrogens is 310 g/mol. The summed E-state index contributed by atoms with van der Waals surface area (Å²) in [7, 11) is 0. The molecule has 0 unspecified atom stereocenters. The lowest BCUT2D eigenvalue weighted by atomic mass is 9.87. The van der Waals surface area contributed by atoms with Gasteiger partial charge in [-0.2, -0.15) is 0 Å². The van der Waals surface area contributed by atoms with Gasteiger partial charge in [0.2, 0.25) is 5.28 Å². The van der Waals surface area contributed by atoms with E-state index in [4.69, 9.17) is 11.6 Å². The van der Waals surface area contributed by atoms with E-state index >= 15 is 0 Å². The number of hydrogen-bond acceptors (Lipinski definition) is 5. The van der Waals surface area contributed by atoms with Crippen molar-refractivity contribution in [1.29, 1.82) is 0 Å². The fourth-order valence-corrected chi connectivity index (χ4v) is 2.72. The Morgan fingerprint density at radius 1 is 1.24 bits per heavy atom. The fourth-order valence-electron chi connectivity index (χ4n) is 1.67. The highest BCUT2D eigenvalue weighted by Crippen LogP contribution is 2.34. The number of benzene rings is 1. The van der Waals surface area contributed by atoms with Crippen LogP contribution < -0.4 is 0 Å². The number of nitrogens with zero attached hydrogens (tertiary/aromatic N) is 3. The van der Waals surface area contributed by atoms with Crippen LogP contribution in [0.4, 0.5) is 5.69 Å². The van der Waals surface area contributed by atoms with Gasteiger partial charge in [0.25, 0.3) is 0 Å². The Morgan fingerprint density at radius 2 is 1.86 bits per heavy atom. The van der Waals surface area contributed by atoms with Crippen LogP contribution in [0.1, 0.15) is 26.3 Å². The number of aromatic nitrogens is 2. The van der Waals surface area contributed by atoms with Gasteiger partial charge in [-0.05, 0) is 34.7 Å². The highest BCUT2D eigenvalue weighted by molar-refractivity contribution is 7.99. The molecule has 0 saturated heterocycles. The van der Waals surface area contributed by atoms with Gasteiger partial charge in [0, 0.05) is 4.90 Å². The molecule has 7 heteroatoms. The molecule has 0 fully saturated rings. The lowest BCUT2D eigenvalue weighted by Gasteiger charge is -2.18. The van der Waals surface area contributed by atoms with Crippen LogP contribution in [0, 0.1) is 10.1 Å². The van der Waals surface area contributed by atoms with Gasteiger partial charge in [-0.25, -0.2) is 9.97 Å². The second-order valence-electron chi connectivity index (χ2n) is 5.46. The predicted molar refractivity (Wildman–Crippen MR) is 83.0 cm³/mol. The van der Waals surface area contributed by atoms with Gasteiger partial charge in [0.15, 0.2) is 5.03 Å². The first-order valence-corrected chi connectivity index (χ1v) is 7.42. The molecule has 5 nitrogen and oxygen atoms in total. The van der Waals surface area contributed by atoms with Crippen molar-refractivity contribution in [2.45, 2.75) is 36.1 Å².